The Morgan fingerprint density at radius 3 is 3.16 bits per heavy atom. The Balaban J connectivity index is 1.49. The lowest BCUT2D eigenvalue weighted by molar-refractivity contribution is -0.123. The number of hydrogen-bond donors (Lipinski definition) is 3. The molecule has 3 N–H and O–H groups in total. The Hall–Kier alpha value is -2.60. The molecule has 0 fully saturated rings. The fraction of sp³-hybridized carbons (Fsp3) is 0.368. The van der Waals surface area contributed by atoms with Crippen molar-refractivity contribution in [2.45, 2.75) is 38.3 Å². The molecule has 1 aromatic carbocycles. The number of para-hydroxylation sites is 1. The number of hydrogen-bond acceptors (Lipinski definition) is 3. The van der Waals surface area contributed by atoms with E-state index < -0.39 is 0 Å². The van der Waals surface area contributed by atoms with Gasteiger partial charge in [-0.2, -0.15) is 5.10 Å². The summed E-state index contributed by atoms with van der Waals surface area (Å²) in [5.41, 5.74) is 5.21. The number of benzene rings is 1. The van der Waals surface area contributed by atoms with Gasteiger partial charge in [0.05, 0.1) is 30.5 Å². The molecule has 0 radical (unpaired) electrons. The summed E-state index contributed by atoms with van der Waals surface area (Å²) in [4.78, 5) is 16.2. The van der Waals surface area contributed by atoms with Gasteiger partial charge in [0.15, 0.2) is 0 Å². The summed E-state index contributed by atoms with van der Waals surface area (Å²) in [6.07, 6.45) is 2.95. The minimum atomic E-state index is -0.113. The van der Waals surface area contributed by atoms with E-state index in [1.165, 1.54) is 10.9 Å². The Morgan fingerprint density at radius 2 is 2.28 bits per heavy atom. The van der Waals surface area contributed by atoms with Gasteiger partial charge in [-0.25, -0.2) is 0 Å². The summed E-state index contributed by atoms with van der Waals surface area (Å²) in [5, 5.41) is 11.4. The van der Waals surface area contributed by atoms with Crippen molar-refractivity contribution < 1.29 is 9.53 Å². The highest BCUT2D eigenvalue weighted by Gasteiger charge is 2.29. The lowest BCUT2D eigenvalue weighted by atomic mass is 9.86. The number of nitrogens with one attached hydrogen (secondary N) is 3. The van der Waals surface area contributed by atoms with Crippen molar-refractivity contribution in [2.75, 3.05) is 7.11 Å². The van der Waals surface area contributed by atoms with Crippen LogP contribution in [0.4, 0.5) is 0 Å². The Kier molecular flexibility index (Phi) is 4.28. The van der Waals surface area contributed by atoms with Gasteiger partial charge >= 0.3 is 0 Å². The summed E-state index contributed by atoms with van der Waals surface area (Å²) in [7, 11) is 1.64. The lowest BCUT2D eigenvalue weighted by Gasteiger charge is -2.21. The number of aromatic amines is 2. The molecule has 3 aromatic rings. The first kappa shape index (κ1) is 15.9. The van der Waals surface area contributed by atoms with Crippen LogP contribution < -0.4 is 5.32 Å². The van der Waals surface area contributed by atoms with Crippen molar-refractivity contribution >= 4 is 16.8 Å². The second-order valence-electron chi connectivity index (χ2n) is 6.54. The fourth-order valence-corrected chi connectivity index (χ4v) is 3.70. The third-order valence-electron chi connectivity index (χ3n) is 4.86. The highest BCUT2D eigenvalue weighted by Crippen LogP contribution is 2.36. The van der Waals surface area contributed by atoms with Gasteiger partial charge in [-0.05, 0) is 37.0 Å². The van der Waals surface area contributed by atoms with Crippen molar-refractivity contribution in [1.29, 1.82) is 0 Å². The molecule has 0 saturated heterocycles. The van der Waals surface area contributed by atoms with E-state index in [-0.39, 0.29) is 11.8 Å². The summed E-state index contributed by atoms with van der Waals surface area (Å²) in [6.45, 7) is 0.910. The first-order valence-electron chi connectivity index (χ1n) is 8.65. The number of aromatic nitrogens is 3. The number of nitrogens with zero attached hydrogens (tertiary/aromatic N) is 1. The molecule has 25 heavy (non-hydrogen) atoms. The molecule has 1 amide bonds. The monoisotopic (exact) mass is 338 g/mol. The van der Waals surface area contributed by atoms with E-state index in [0.29, 0.717) is 13.2 Å². The summed E-state index contributed by atoms with van der Waals surface area (Å²) in [6, 6.07) is 10.2. The summed E-state index contributed by atoms with van der Waals surface area (Å²) >= 11 is 0. The maximum Gasteiger partial charge on any atom is 0.229 e. The first-order chi connectivity index (χ1) is 12.3. The molecule has 6 heteroatoms. The molecule has 6 nitrogen and oxygen atoms in total. The smallest absolute Gasteiger partial charge is 0.229 e. The van der Waals surface area contributed by atoms with Crippen LogP contribution in [-0.4, -0.2) is 28.2 Å². The van der Waals surface area contributed by atoms with Gasteiger partial charge in [0, 0.05) is 23.7 Å². The largest absolute Gasteiger partial charge is 0.378 e. The maximum atomic E-state index is 12.8. The Bertz CT molecular complexity index is 896. The van der Waals surface area contributed by atoms with Crippen LogP contribution >= 0.6 is 0 Å². The lowest BCUT2D eigenvalue weighted by Crippen LogP contribution is -2.31. The van der Waals surface area contributed by atoms with E-state index in [4.69, 9.17) is 4.74 Å². The average molecular weight is 338 g/mol. The molecule has 130 valence electrons. The van der Waals surface area contributed by atoms with E-state index in [1.807, 2.05) is 12.1 Å². The van der Waals surface area contributed by atoms with Gasteiger partial charge in [-0.15, -0.1) is 0 Å². The molecule has 1 atom stereocenters. The van der Waals surface area contributed by atoms with Crippen LogP contribution in [0.2, 0.25) is 0 Å². The second kappa shape index (κ2) is 6.72. The number of aryl methyl sites for hydroxylation is 1. The quantitative estimate of drug-likeness (QED) is 0.669. The van der Waals surface area contributed by atoms with Gasteiger partial charge in [0.2, 0.25) is 5.91 Å². The van der Waals surface area contributed by atoms with Gasteiger partial charge in [-0.1, -0.05) is 18.2 Å². The molecular weight excluding hydrogens is 316 g/mol. The topological polar surface area (TPSA) is 82.8 Å². The fourth-order valence-electron chi connectivity index (χ4n) is 3.70. The van der Waals surface area contributed by atoms with Gasteiger partial charge in [-0.3, -0.25) is 9.89 Å². The zero-order chi connectivity index (χ0) is 17.2. The second-order valence-corrected chi connectivity index (χ2v) is 6.54. The molecule has 1 aliphatic carbocycles. The molecular formula is C19H22N4O2. The zero-order valence-electron chi connectivity index (χ0n) is 14.3. The number of ether oxygens (including phenoxy) is 1. The van der Waals surface area contributed by atoms with Gasteiger partial charge < -0.3 is 15.0 Å². The maximum absolute atomic E-state index is 12.8. The van der Waals surface area contributed by atoms with E-state index in [9.17, 15) is 4.79 Å². The molecule has 2 aromatic heterocycles. The first-order valence-corrected chi connectivity index (χ1v) is 8.65. The SMILES string of the molecule is COCc1cc(CNC(=O)[C@@H]2CCCc3c2[nH]c2ccccc32)[nH]n1. The van der Waals surface area contributed by atoms with Crippen molar-refractivity contribution in [3.8, 4) is 0 Å². The van der Waals surface area contributed by atoms with Crippen LogP contribution in [0.25, 0.3) is 10.9 Å². The predicted octanol–water partition coefficient (Wildman–Crippen LogP) is 2.77. The number of fused-ring (bicyclic) bond motifs is 3. The number of rotatable bonds is 5. The van der Waals surface area contributed by atoms with E-state index in [2.05, 4.69) is 38.7 Å². The highest BCUT2D eigenvalue weighted by atomic mass is 16.5. The highest BCUT2D eigenvalue weighted by molar-refractivity contribution is 5.90. The summed E-state index contributed by atoms with van der Waals surface area (Å²) < 4.78 is 5.06. The molecule has 0 spiro atoms. The van der Waals surface area contributed by atoms with Gasteiger partial charge in [0.1, 0.15) is 0 Å². The minimum Gasteiger partial charge on any atom is -0.378 e. The minimum absolute atomic E-state index is 0.0652. The van der Waals surface area contributed by atoms with Crippen LogP contribution in [-0.2, 0) is 29.1 Å². The molecule has 0 unspecified atom stereocenters. The van der Waals surface area contributed by atoms with Crippen LogP contribution in [0.15, 0.2) is 30.3 Å². The molecule has 0 aliphatic heterocycles. The molecule has 4 rings (SSSR count). The molecule has 1 aliphatic rings. The predicted molar refractivity (Wildman–Crippen MR) is 95.1 cm³/mol. The van der Waals surface area contributed by atoms with E-state index in [1.54, 1.807) is 7.11 Å². The molecule has 0 bridgehead atoms. The van der Waals surface area contributed by atoms with E-state index in [0.717, 1.165) is 41.9 Å². The van der Waals surface area contributed by atoms with E-state index >= 15 is 0 Å². The van der Waals surface area contributed by atoms with Crippen molar-refractivity contribution in [3.05, 3.63) is 53.0 Å². The number of carbonyl (C=O) groups excluding carboxylic acids is 1. The van der Waals surface area contributed by atoms with Crippen LogP contribution in [0.5, 0.6) is 0 Å². The van der Waals surface area contributed by atoms with Gasteiger partial charge in [0.25, 0.3) is 0 Å². The summed E-state index contributed by atoms with van der Waals surface area (Å²) in [5.74, 6) is -0.0482. The third-order valence-corrected chi connectivity index (χ3v) is 4.86. The third kappa shape index (κ3) is 3.05. The van der Waals surface area contributed by atoms with Crippen LogP contribution in [0.3, 0.4) is 0 Å². The number of amides is 1. The Labute approximate surface area is 146 Å². The van der Waals surface area contributed by atoms with Crippen molar-refractivity contribution in [2.24, 2.45) is 0 Å². The van der Waals surface area contributed by atoms with Crippen molar-refractivity contribution in [3.63, 3.8) is 0 Å². The number of carbonyl (C=O) groups is 1. The van der Waals surface area contributed by atoms with Crippen LogP contribution in [0, 0.1) is 0 Å². The number of methoxy groups -OCH3 is 1. The zero-order valence-corrected chi connectivity index (χ0v) is 14.3. The molecule has 2 heterocycles. The average Bonchev–Trinajstić information content (AvgIpc) is 3.24. The Morgan fingerprint density at radius 1 is 1.40 bits per heavy atom. The van der Waals surface area contributed by atoms with Crippen LogP contribution in [0.1, 0.15) is 41.4 Å². The van der Waals surface area contributed by atoms with Crippen molar-refractivity contribution in [1.82, 2.24) is 20.5 Å². The standard InChI is InChI=1S/C19H22N4O2/c1-25-11-13-9-12(22-23-13)10-20-19(24)16-7-4-6-15-14-5-2-3-8-17(14)21-18(15)16/h2-3,5,8-9,16,21H,4,6-7,10-11H2,1H3,(H,20,24)(H,22,23)/t16-/m1/s1. The normalized spacial score (nSPS) is 16.8. The number of H-pyrrole nitrogens is 2. The molecule has 0 saturated carbocycles.